The van der Waals surface area contributed by atoms with Gasteiger partial charge in [0.1, 0.15) is 0 Å². The van der Waals surface area contributed by atoms with E-state index in [9.17, 15) is 8.42 Å². The minimum atomic E-state index is -3.33. The number of ether oxygens (including phenoxy) is 2. The second kappa shape index (κ2) is 6.68. The van der Waals surface area contributed by atoms with E-state index in [2.05, 4.69) is 0 Å². The summed E-state index contributed by atoms with van der Waals surface area (Å²) in [4.78, 5) is 0. The van der Waals surface area contributed by atoms with Crippen LogP contribution < -0.4 is 0 Å². The Balaban J connectivity index is 1.89. The molecule has 1 aliphatic heterocycles. The Morgan fingerprint density at radius 3 is 2.80 bits per heavy atom. The number of rotatable bonds is 7. The van der Waals surface area contributed by atoms with Crippen molar-refractivity contribution in [1.29, 1.82) is 0 Å². The molecular weight excluding hydrogens is 240 g/mol. The second-order valence-corrected chi connectivity index (χ2v) is 6.56. The zero-order chi connectivity index (χ0) is 11.1. The summed E-state index contributed by atoms with van der Waals surface area (Å²) in [7, 11) is 1.73. The van der Waals surface area contributed by atoms with Gasteiger partial charge in [-0.05, 0) is 25.7 Å². The lowest BCUT2D eigenvalue weighted by atomic mass is 10.2. The van der Waals surface area contributed by atoms with Crippen molar-refractivity contribution >= 4 is 19.7 Å². The van der Waals surface area contributed by atoms with Crippen LogP contribution in [0.5, 0.6) is 0 Å². The third kappa shape index (κ3) is 7.11. The van der Waals surface area contributed by atoms with Crippen molar-refractivity contribution in [2.45, 2.75) is 31.8 Å². The zero-order valence-corrected chi connectivity index (χ0v) is 10.2. The molecule has 0 aromatic rings. The molecule has 0 aromatic carbocycles. The van der Waals surface area contributed by atoms with Crippen LogP contribution in [0.3, 0.4) is 0 Å². The topological polar surface area (TPSA) is 52.6 Å². The van der Waals surface area contributed by atoms with Crippen molar-refractivity contribution in [3.63, 3.8) is 0 Å². The minimum Gasteiger partial charge on any atom is -0.379 e. The fourth-order valence-electron chi connectivity index (χ4n) is 1.47. The summed E-state index contributed by atoms with van der Waals surface area (Å²) in [5.41, 5.74) is 0. The number of hydrogen-bond donors (Lipinski definition) is 0. The van der Waals surface area contributed by atoms with Gasteiger partial charge in [-0.3, -0.25) is 0 Å². The highest BCUT2D eigenvalue weighted by molar-refractivity contribution is 8.13. The Kier molecular flexibility index (Phi) is 5.89. The van der Waals surface area contributed by atoms with Gasteiger partial charge in [-0.2, -0.15) is 0 Å². The van der Waals surface area contributed by atoms with Crippen molar-refractivity contribution < 1.29 is 17.9 Å². The summed E-state index contributed by atoms with van der Waals surface area (Å²) in [5, 5.41) is 0. The molecule has 1 heterocycles. The largest absolute Gasteiger partial charge is 0.379 e. The lowest BCUT2D eigenvalue weighted by molar-refractivity contribution is 0.0165. The standard InChI is InChI=1S/C9H17ClO4S/c10-15(11,12)7-2-1-5-13-8-9-4-3-6-14-9/h9H,1-8H2. The minimum absolute atomic E-state index is 0.0256. The van der Waals surface area contributed by atoms with Crippen LogP contribution in [-0.4, -0.2) is 40.1 Å². The summed E-state index contributed by atoms with van der Waals surface area (Å²) in [6.07, 6.45) is 3.69. The van der Waals surface area contributed by atoms with Crippen LogP contribution in [0.1, 0.15) is 25.7 Å². The van der Waals surface area contributed by atoms with Gasteiger partial charge in [0.25, 0.3) is 0 Å². The van der Waals surface area contributed by atoms with E-state index < -0.39 is 9.05 Å². The molecule has 1 aliphatic rings. The first-order chi connectivity index (χ1) is 7.08. The van der Waals surface area contributed by atoms with Gasteiger partial charge in [-0.15, -0.1) is 0 Å². The van der Waals surface area contributed by atoms with E-state index in [0.717, 1.165) is 25.9 Å². The molecule has 4 nitrogen and oxygen atoms in total. The van der Waals surface area contributed by atoms with Crippen molar-refractivity contribution in [2.75, 3.05) is 25.6 Å². The highest BCUT2D eigenvalue weighted by Gasteiger charge is 2.14. The Bertz CT molecular complexity index is 259. The van der Waals surface area contributed by atoms with Gasteiger partial charge >= 0.3 is 0 Å². The van der Waals surface area contributed by atoms with Gasteiger partial charge in [0.15, 0.2) is 0 Å². The average molecular weight is 257 g/mol. The third-order valence-electron chi connectivity index (χ3n) is 2.25. The average Bonchev–Trinajstić information content (AvgIpc) is 2.61. The highest BCUT2D eigenvalue weighted by atomic mass is 35.7. The summed E-state index contributed by atoms with van der Waals surface area (Å²) in [5.74, 6) is 0.0256. The van der Waals surface area contributed by atoms with E-state index in [0.29, 0.717) is 19.6 Å². The molecule has 1 fully saturated rings. The molecule has 0 saturated carbocycles. The SMILES string of the molecule is O=S(=O)(Cl)CCCCOCC1CCCO1. The van der Waals surface area contributed by atoms with Gasteiger partial charge in [0.05, 0.1) is 18.5 Å². The van der Waals surface area contributed by atoms with Crippen LogP contribution in [0.25, 0.3) is 0 Å². The molecule has 1 saturated heterocycles. The maximum absolute atomic E-state index is 10.6. The predicted molar refractivity (Wildman–Crippen MR) is 58.7 cm³/mol. The number of unbranched alkanes of at least 4 members (excludes halogenated alkanes) is 1. The van der Waals surface area contributed by atoms with E-state index in [1.807, 2.05) is 0 Å². The molecule has 0 aromatic heterocycles. The number of hydrogen-bond acceptors (Lipinski definition) is 4. The number of halogens is 1. The van der Waals surface area contributed by atoms with Crippen LogP contribution >= 0.6 is 10.7 Å². The maximum atomic E-state index is 10.6. The fraction of sp³-hybridized carbons (Fsp3) is 1.00. The molecule has 1 unspecified atom stereocenters. The maximum Gasteiger partial charge on any atom is 0.232 e. The van der Waals surface area contributed by atoms with Crippen LogP contribution in [0, 0.1) is 0 Å². The van der Waals surface area contributed by atoms with E-state index in [-0.39, 0.29) is 11.9 Å². The normalized spacial score (nSPS) is 22.1. The smallest absolute Gasteiger partial charge is 0.232 e. The molecule has 6 heteroatoms. The predicted octanol–water partition coefficient (Wildman–Crippen LogP) is 1.53. The van der Waals surface area contributed by atoms with Crippen molar-refractivity contribution in [3.05, 3.63) is 0 Å². The van der Waals surface area contributed by atoms with Crippen molar-refractivity contribution in [1.82, 2.24) is 0 Å². The van der Waals surface area contributed by atoms with E-state index in [1.165, 1.54) is 0 Å². The molecule has 90 valence electrons. The lowest BCUT2D eigenvalue weighted by Crippen LogP contribution is -2.14. The van der Waals surface area contributed by atoms with Crippen LogP contribution in [0.15, 0.2) is 0 Å². The third-order valence-corrected chi connectivity index (χ3v) is 3.49. The molecule has 0 bridgehead atoms. The monoisotopic (exact) mass is 256 g/mol. The molecule has 15 heavy (non-hydrogen) atoms. The van der Waals surface area contributed by atoms with Crippen LogP contribution in [-0.2, 0) is 18.5 Å². The van der Waals surface area contributed by atoms with Gasteiger partial charge in [-0.25, -0.2) is 8.42 Å². The molecule has 1 atom stereocenters. The molecule has 0 amide bonds. The second-order valence-electron chi connectivity index (χ2n) is 3.66. The van der Waals surface area contributed by atoms with Gasteiger partial charge < -0.3 is 9.47 Å². The lowest BCUT2D eigenvalue weighted by Gasteiger charge is -2.09. The quantitative estimate of drug-likeness (QED) is 0.512. The van der Waals surface area contributed by atoms with Crippen LogP contribution in [0.4, 0.5) is 0 Å². The Labute approximate surface area is 95.3 Å². The molecule has 0 aliphatic carbocycles. The van der Waals surface area contributed by atoms with Gasteiger partial charge in [-0.1, -0.05) is 0 Å². The van der Waals surface area contributed by atoms with E-state index >= 15 is 0 Å². The summed E-state index contributed by atoms with van der Waals surface area (Å²) in [6, 6.07) is 0. The Hall–Kier alpha value is 0.160. The summed E-state index contributed by atoms with van der Waals surface area (Å²) < 4.78 is 31.9. The van der Waals surface area contributed by atoms with E-state index in [1.54, 1.807) is 0 Å². The Morgan fingerprint density at radius 2 is 2.20 bits per heavy atom. The first kappa shape index (κ1) is 13.2. The molecule has 1 rings (SSSR count). The van der Waals surface area contributed by atoms with Gasteiger partial charge in [0, 0.05) is 23.9 Å². The fourth-order valence-corrected chi connectivity index (χ4v) is 2.35. The zero-order valence-electron chi connectivity index (χ0n) is 8.65. The first-order valence-corrected chi connectivity index (χ1v) is 7.67. The molecule has 0 N–H and O–H groups in total. The van der Waals surface area contributed by atoms with Crippen molar-refractivity contribution in [2.24, 2.45) is 0 Å². The van der Waals surface area contributed by atoms with Gasteiger partial charge in [0.2, 0.25) is 9.05 Å². The Morgan fingerprint density at radius 1 is 1.40 bits per heavy atom. The highest BCUT2D eigenvalue weighted by Crippen LogP contribution is 2.12. The molecule has 0 radical (unpaired) electrons. The molecule has 0 spiro atoms. The molecular formula is C9H17ClO4S. The van der Waals surface area contributed by atoms with Crippen LogP contribution in [0.2, 0.25) is 0 Å². The first-order valence-electron chi connectivity index (χ1n) is 5.19. The van der Waals surface area contributed by atoms with E-state index in [4.69, 9.17) is 20.2 Å². The summed E-state index contributed by atoms with van der Waals surface area (Å²) >= 11 is 0. The summed E-state index contributed by atoms with van der Waals surface area (Å²) in [6.45, 7) is 2.03. The van der Waals surface area contributed by atoms with Crippen molar-refractivity contribution in [3.8, 4) is 0 Å².